The third-order valence-electron chi connectivity index (χ3n) is 7.70. The van der Waals surface area contributed by atoms with Crippen LogP contribution in [-0.4, -0.2) is 39.6 Å². The summed E-state index contributed by atoms with van der Waals surface area (Å²) in [6.07, 6.45) is 9.11. The van der Waals surface area contributed by atoms with Gasteiger partial charge in [-0.25, -0.2) is 0 Å². The van der Waals surface area contributed by atoms with Crippen molar-refractivity contribution in [3.05, 3.63) is 138 Å². The lowest BCUT2D eigenvalue weighted by Crippen LogP contribution is -2.34. The molecule has 0 unspecified atom stereocenters. The fraction of sp³-hybridized carbons (Fsp3) is 0.385. The summed E-state index contributed by atoms with van der Waals surface area (Å²) in [7, 11) is 0. The van der Waals surface area contributed by atoms with E-state index in [-0.39, 0.29) is 0 Å². The summed E-state index contributed by atoms with van der Waals surface area (Å²) in [6, 6.07) is 39.7. The standard InChI is InChI=1S/C39H48O4/c1-2-3-4-5-6-10-17-34-24-26-38(27-25-34)42-32-30-40-28-29-41-31-33-43-39(35-18-11-7-12-19-35,36-20-13-8-14-21-36)37-22-15-9-16-23-37/h7-9,11-16,18-27H,2-6,10,17,28-33H2,1H3. The molecule has 43 heavy (non-hydrogen) atoms. The maximum Gasteiger partial charge on any atom is 0.143 e. The van der Waals surface area contributed by atoms with E-state index in [1.165, 1.54) is 44.1 Å². The van der Waals surface area contributed by atoms with E-state index in [9.17, 15) is 0 Å². The summed E-state index contributed by atoms with van der Waals surface area (Å²) in [6.45, 7) is 5.24. The zero-order chi connectivity index (χ0) is 29.8. The van der Waals surface area contributed by atoms with Gasteiger partial charge in [-0.1, -0.05) is 142 Å². The van der Waals surface area contributed by atoms with E-state index < -0.39 is 5.60 Å². The molecule has 0 N–H and O–H groups in total. The first-order valence-electron chi connectivity index (χ1n) is 16.0. The van der Waals surface area contributed by atoms with Crippen molar-refractivity contribution in [2.75, 3.05) is 39.6 Å². The van der Waals surface area contributed by atoms with Gasteiger partial charge in [0, 0.05) is 0 Å². The largest absolute Gasteiger partial charge is 0.491 e. The van der Waals surface area contributed by atoms with Crippen molar-refractivity contribution in [3.8, 4) is 5.75 Å². The minimum atomic E-state index is -0.729. The Morgan fingerprint density at radius 3 is 1.47 bits per heavy atom. The third kappa shape index (κ3) is 10.4. The van der Waals surface area contributed by atoms with Gasteiger partial charge in [0.1, 0.15) is 18.0 Å². The highest BCUT2D eigenvalue weighted by atomic mass is 16.6. The summed E-state index contributed by atoms with van der Waals surface area (Å²) in [5, 5.41) is 0. The fourth-order valence-electron chi connectivity index (χ4n) is 5.42. The second-order valence-electron chi connectivity index (χ2n) is 10.9. The summed E-state index contributed by atoms with van der Waals surface area (Å²) in [5.41, 5.74) is 3.91. The molecule has 0 aromatic heterocycles. The smallest absolute Gasteiger partial charge is 0.143 e. The van der Waals surface area contributed by atoms with Gasteiger partial charge < -0.3 is 18.9 Å². The second-order valence-corrected chi connectivity index (χ2v) is 10.9. The van der Waals surface area contributed by atoms with Gasteiger partial charge in [0.15, 0.2) is 0 Å². The van der Waals surface area contributed by atoms with Crippen molar-refractivity contribution in [1.82, 2.24) is 0 Å². The molecular formula is C39H48O4. The van der Waals surface area contributed by atoms with Crippen molar-refractivity contribution in [2.24, 2.45) is 0 Å². The minimum Gasteiger partial charge on any atom is -0.491 e. The second kappa shape index (κ2) is 19.0. The molecule has 0 radical (unpaired) electrons. The molecule has 0 fully saturated rings. The van der Waals surface area contributed by atoms with Crippen LogP contribution in [0.3, 0.4) is 0 Å². The van der Waals surface area contributed by atoms with Crippen LogP contribution in [-0.2, 0) is 26.2 Å². The molecule has 0 spiro atoms. The van der Waals surface area contributed by atoms with E-state index in [1.807, 2.05) is 18.2 Å². The van der Waals surface area contributed by atoms with Gasteiger partial charge in [0.2, 0.25) is 0 Å². The van der Waals surface area contributed by atoms with E-state index in [0.717, 1.165) is 28.9 Å². The van der Waals surface area contributed by atoms with Crippen LogP contribution in [0.15, 0.2) is 115 Å². The Balaban J connectivity index is 1.15. The number of aryl methyl sites for hydroxylation is 1. The lowest BCUT2D eigenvalue weighted by atomic mass is 9.80. The highest BCUT2D eigenvalue weighted by Gasteiger charge is 2.37. The SMILES string of the molecule is CCCCCCCCc1ccc(OCCOCCOCCOC(c2ccccc2)(c2ccccc2)c2ccccc2)cc1. The van der Waals surface area contributed by atoms with Gasteiger partial charge in [-0.05, 0) is 47.2 Å². The lowest BCUT2D eigenvalue weighted by molar-refractivity contribution is -0.0345. The Labute approximate surface area is 259 Å². The van der Waals surface area contributed by atoms with Gasteiger partial charge in [0.25, 0.3) is 0 Å². The average molecular weight is 581 g/mol. The third-order valence-corrected chi connectivity index (χ3v) is 7.70. The van der Waals surface area contributed by atoms with E-state index >= 15 is 0 Å². The summed E-state index contributed by atoms with van der Waals surface area (Å²) < 4.78 is 24.2. The van der Waals surface area contributed by atoms with Gasteiger partial charge in [-0.2, -0.15) is 0 Å². The zero-order valence-corrected chi connectivity index (χ0v) is 25.8. The predicted octanol–water partition coefficient (Wildman–Crippen LogP) is 9.01. The van der Waals surface area contributed by atoms with Crippen molar-refractivity contribution < 1.29 is 18.9 Å². The Kier molecular flexibility index (Phi) is 14.3. The number of unbranched alkanes of at least 4 members (excludes halogenated alkanes) is 5. The van der Waals surface area contributed by atoms with Crippen LogP contribution in [0.25, 0.3) is 0 Å². The van der Waals surface area contributed by atoms with E-state index in [0.29, 0.717) is 39.6 Å². The summed E-state index contributed by atoms with van der Waals surface area (Å²) >= 11 is 0. The van der Waals surface area contributed by atoms with E-state index in [2.05, 4.69) is 104 Å². The molecule has 0 amide bonds. The highest BCUT2D eigenvalue weighted by Crippen LogP contribution is 2.40. The fourth-order valence-corrected chi connectivity index (χ4v) is 5.42. The number of rotatable bonds is 21. The number of hydrogen-bond donors (Lipinski definition) is 0. The van der Waals surface area contributed by atoms with Crippen LogP contribution in [0, 0.1) is 0 Å². The van der Waals surface area contributed by atoms with Crippen LogP contribution in [0.1, 0.15) is 67.7 Å². The molecule has 0 heterocycles. The van der Waals surface area contributed by atoms with Crippen LogP contribution in [0.4, 0.5) is 0 Å². The van der Waals surface area contributed by atoms with Gasteiger partial charge in [0.05, 0.1) is 33.0 Å². The topological polar surface area (TPSA) is 36.9 Å². The maximum atomic E-state index is 6.75. The first-order valence-corrected chi connectivity index (χ1v) is 16.0. The van der Waals surface area contributed by atoms with Crippen LogP contribution < -0.4 is 4.74 Å². The molecule has 4 aromatic carbocycles. The molecule has 0 aliphatic heterocycles. The van der Waals surface area contributed by atoms with E-state index in [1.54, 1.807) is 0 Å². The lowest BCUT2D eigenvalue weighted by Gasteiger charge is -2.36. The maximum absolute atomic E-state index is 6.75. The molecule has 0 atom stereocenters. The average Bonchev–Trinajstić information content (AvgIpc) is 3.07. The van der Waals surface area contributed by atoms with Crippen molar-refractivity contribution in [2.45, 2.75) is 57.5 Å². The highest BCUT2D eigenvalue weighted by molar-refractivity contribution is 5.47. The molecule has 4 heteroatoms. The van der Waals surface area contributed by atoms with Gasteiger partial charge >= 0.3 is 0 Å². The zero-order valence-electron chi connectivity index (χ0n) is 25.8. The van der Waals surface area contributed by atoms with Crippen molar-refractivity contribution >= 4 is 0 Å². The molecule has 228 valence electrons. The van der Waals surface area contributed by atoms with Gasteiger partial charge in [-0.15, -0.1) is 0 Å². The molecule has 0 saturated heterocycles. The van der Waals surface area contributed by atoms with E-state index in [4.69, 9.17) is 18.9 Å². The molecule has 0 aliphatic carbocycles. The Hall–Kier alpha value is -3.44. The Morgan fingerprint density at radius 1 is 0.465 bits per heavy atom. The van der Waals surface area contributed by atoms with Crippen LogP contribution in [0.5, 0.6) is 5.75 Å². The molecule has 4 rings (SSSR count). The van der Waals surface area contributed by atoms with Gasteiger partial charge in [-0.3, -0.25) is 0 Å². The predicted molar refractivity (Wildman–Crippen MR) is 176 cm³/mol. The van der Waals surface area contributed by atoms with Crippen molar-refractivity contribution in [1.29, 1.82) is 0 Å². The van der Waals surface area contributed by atoms with Crippen LogP contribution >= 0.6 is 0 Å². The molecule has 0 aliphatic rings. The normalized spacial score (nSPS) is 11.5. The number of ether oxygens (including phenoxy) is 4. The van der Waals surface area contributed by atoms with Crippen molar-refractivity contribution in [3.63, 3.8) is 0 Å². The molecule has 4 nitrogen and oxygen atoms in total. The Bertz CT molecular complexity index is 1150. The number of benzene rings is 4. The summed E-state index contributed by atoms with van der Waals surface area (Å²) in [4.78, 5) is 0. The Morgan fingerprint density at radius 2 is 0.930 bits per heavy atom. The quantitative estimate of drug-likeness (QED) is 0.0728. The molecular weight excluding hydrogens is 532 g/mol. The van der Waals surface area contributed by atoms with Crippen LogP contribution in [0.2, 0.25) is 0 Å². The number of hydrogen-bond acceptors (Lipinski definition) is 4. The first-order chi connectivity index (χ1) is 21.3. The molecule has 4 aromatic rings. The minimum absolute atomic E-state index is 0.441. The summed E-state index contributed by atoms with van der Waals surface area (Å²) in [5.74, 6) is 0.891. The monoisotopic (exact) mass is 580 g/mol. The molecule has 0 saturated carbocycles. The molecule has 0 bridgehead atoms. The first kappa shape index (κ1) is 32.5.